The Hall–Kier alpha value is -1.99. The Morgan fingerprint density at radius 2 is 1.04 bits per heavy atom. The Morgan fingerprint density at radius 3 is 1.44 bits per heavy atom. The third-order valence-electron chi connectivity index (χ3n) is 5.45. The monoisotopic (exact) mass is 378 g/mol. The van der Waals surface area contributed by atoms with Gasteiger partial charge >= 0.3 is 162 Å². The van der Waals surface area contributed by atoms with Crippen molar-refractivity contribution in [1.82, 2.24) is 0 Å². The normalized spacial score (nSPS) is 16.1. The quantitative estimate of drug-likeness (QED) is 0.607. The molecule has 1 heterocycles. The van der Waals surface area contributed by atoms with E-state index < -0.39 is 7.26 Å². The zero-order valence-corrected chi connectivity index (χ0v) is 16.6. The third kappa shape index (κ3) is 3.99. The first-order valence-electron chi connectivity index (χ1n) is 9.79. The third-order valence-corrected chi connectivity index (χ3v) is 10.4. The van der Waals surface area contributed by atoms with Crippen LogP contribution in [0, 0.1) is 0 Å². The molecular weight excluding hydrogens is 351 g/mol. The van der Waals surface area contributed by atoms with Crippen LogP contribution in [0.25, 0.3) is 0 Å². The number of ether oxygens (including phenoxy) is 2. The summed E-state index contributed by atoms with van der Waals surface area (Å²) in [7, 11) is -2.17. The van der Waals surface area contributed by atoms with Crippen molar-refractivity contribution in [2.24, 2.45) is 0 Å². The van der Waals surface area contributed by atoms with Crippen molar-refractivity contribution in [3.8, 4) is 0 Å². The van der Waals surface area contributed by atoms with Crippen LogP contribution in [0.15, 0.2) is 91.0 Å². The molecule has 0 amide bonds. The van der Waals surface area contributed by atoms with E-state index in [4.69, 9.17) is 9.47 Å². The predicted octanol–water partition coefficient (Wildman–Crippen LogP) is 3.87. The Bertz CT molecular complexity index is 718. The van der Waals surface area contributed by atoms with Crippen LogP contribution in [-0.2, 0) is 9.47 Å². The molecule has 1 saturated heterocycles. The zero-order valence-electron chi connectivity index (χ0n) is 15.6. The molecule has 140 valence electrons. The number of rotatable bonds is 6. The molecule has 0 atom stereocenters. The summed E-state index contributed by atoms with van der Waals surface area (Å²) in [5, 5.41) is 4.33. The van der Waals surface area contributed by atoms with Gasteiger partial charge in [0.25, 0.3) is 0 Å². The van der Waals surface area contributed by atoms with Gasteiger partial charge in [0, 0.05) is 0 Å². The molecule has 0 spiro atoms. The van der Waals surface area contributed by atoms with Gasteiger partial charge in [-0.05, 0) is 0 Å². The Balaban J connectivity index is 1.81. The van der Waals surface area contributed by atoms with Gasteiger partial charge in [-0.15, -0.1) is 0 Å². The second-order valence-corrected chi connectivity index (χ2v) is 11.1. The molecule has 27 heavy (non-hydrogen) atoms. The minimum absolute atomic E-state index is 0.0817. The average Bonchev–Trinajstić information content (AvgIpc) is 2.77. The van der Waals surface area contributed by atoms with E-state index in [9.17, 15) is 0 Å². The molecule has 0 bridgehead atoms. The topological polar surface area (TPSA) is 18.5 Å². The fourth-order valence-electron chi connectivity index (χ4n) is 4.14. The summed E-state index contributed by atoms with van der Waals surface area (Å²) in [6, 6.07) is 33.1. The number of hydrogen-bond acceptors (Lipinski definition) is 2. The van der Waals surface area contributed by atoms with Gasteiger partial charge in [-0.2, -0.15) is 0 Å². The molecule has 0 radical (unpaired) electrons. The van der Waals surface area contributed by atoms with Gasteiger partial charge in [0.05, 0.1) is 0 Å². The van der Waals surface area contributed by atoms with Gasteiger partial charge < -0.3 is 0 Å². The number of hydrogen-bond donors (Lipinski definition) is 0. The molecule has 0 saturated carbocycles. The second-order valence-electron chi connectivity index (χ2n) is 7.07. The van der Waals surface area contributed by atoms with Crippen LogP contribution in [0.5, 0.6) is 0 Å². The van der Waals surface area contributed by atoms with Gasteiger partial charge in [0.1, 0.15) is 0 Å². The first kappa shape index (κ1) is 18.4. The summed E-state index contributed by atoms with van der Waals surface area (Å²) in [6.45, 7) is 1.61. The molecule has 0 N–H and O–H groups in total. The molecule has 4 rings (SSSR count). The van der Waals surface area contributed by atoms with E-state index in [0.717, 1.165) is 32.2 Å². The van der Waals surface area contributed by atoms with Gasteiger partial charge in [-0.25, -0.2) is 0 Å². The molecule has 0 unspecified atom stereocenters. The van der Waals surface area contributed by atoms with Crippen LogP contribution in [0.4, 0.5) is 0 Å². The molecule has 0 aliphatic carbocycles. The van der Waals surface area contributed by atoms with E-state index in [0.29, 0.717) is 0 Å². The van der Waals surface area contributed by atoms with Crippen molar-refractivity contribution >= 4 is 23.2 Å². The van der Waals surface area contributed by atoms with Crippen LogP contribution >= 0.6 is 7.26 Å². The first-order chi connectivity index (χ1) is 13.4. The molecule has 3 aromatic carbocycles. The van der Waals surface area contributed by atoms with E-state index in [-0.39, 0.29) is 6.29 Å². The summed E-state index contributed by atoms with van der Waals surface area (Å²) in [5.74, 6) is 0. The molecule has 1 aliphatic heterocycles. The average molecular weight is 378 g/mol. The van der Waals surface area contributed by atoms with Gasteiger partial charge in [-0.1, -0.05) is 0 Å². The van der Waals surface area contributed by atoms with Crippen LogP contribution in [0.3, 0.4) is 0 Å². The van der Waals surface area contributed by atoms with E-state index in [1.807, 2.05) is 0 Å². The molecule has 3 heteroatoms. The molecular formula is C24H27O2P. The van der Waals surface area contributed by atoms with Crippen molar-refractivity contribution < 1.29 is 9.47 Å². The maximum atomic E-state index is 5.88. The molecule has 3 aromatic rings. The fraction of sp³-hybridized carbons (Fsp3) is 0.250. The Morgan fingerprint density at radius 1 is 0.630 bits per heavy atom. The summed E-state index contributed by atoms with van der Waals surface area (Å²) in [4.78, 5) is 0. The van der Waals surface area contributed by atoms with Crippen molar-refractivity contribution in [3.63, 3.8) is 0 Å². The minimum atomic E-state index is -2.17. The van der Waals surface area contributed by atoms with E-state index in [1.54, 1.807) is 0 Å². The maximum absolute atomic E-state index is 5.88. The molecule has 2 nitrogen and oxygen atoms in total. The summed E-state index contributed by atoms with van der Waals surface area (Å²) in [6.07, 6.45) is 2.90. The summed E-state index contributed by atoms with van der Waals surface area (Å²) in [5.41, 5.74) is 0. The standard InChI is InChI=1S/C24H27O2P/c1-4-11-21(12-5-1)27(22-13-6-2-7-14-22,23-15-8-3-9-16-23)20-17-24-25-18-10-19-26-24/h1-9,11-16,24,27H,10,17-20H2. The van der Waals surface area contributed by atoms with Gasteiger partial charge in [0.15, 0.2) is 0 Å². The Labute approximate surface area is 162 Å². The SMILES string of the molecule is c1ccc([PH](CCC2OCCCO2)(c2ccccc2)c2ccccc2)cc1. The van der Waals surface area contributed by atoms with Crippen molar-refractivity contribution in [2.45, 2.75) is 19.1 Å². The van der Waals surface area contributed by atoms with Gasteiger partial charge in [0.2, 0.25) is 0 Å². The number of benzene rings is 3. The van der Waals surface area contributed by atoms with E-state index in [1.165, 1.54) is 15.9 Å². The van der Waals surface area contributed by atoms with Crippen molar-refractivity contribution in [3.05, 3.63) is 91.0 Å². The summed E-state index contributed by atoms with van der Waals surface area (Å²) < 4.78 is 11.8. The van der Waals surface area contributed by atoms with Gasteiger partial charge in [-0.3, -0.25) is 0 Å². The Kier molecular flexibility index (Phi) is 5.99. The fourth-order valence-corrected chi connectivity index (χ4v) is 8.96. The first-order valence-corrected chi connectivity index (χ1v) is 12.0. The zero-order chi connectivity index (χ0) is 18.4. The predicted molar refractivity (Wildman–Crippen MR) is 116 cm³/mol. The van der Waals surface area contributed by atoms with Crippen LogP contribution in [0.1, 0.15) is 12.8 Å². The van der Waals surface area contributed by atoms with Crippen LogP contribution in [-0.4, -0.2) is 25.7 Å². The molecule has 1 fully saturated rings. The van der Waals surface area contributed by atoms with Crippen molar-refractivity contribution in [2.75, 3.05) is 19.4 Å². The van der Waals surface area contributed by atoms with Crippen LogP contribution < -0.4 is 15.9 Å². The van der Waals surface area contributed by atoms with E-state index >= 15 is 0 Å². The molecule has 0 aromatic heterocycles. The molecule has 1 aliphatic rings. The second kappa shape index (κ2) is 8.80. The van der Waals surface area contributed by atoms with Crippen LogP contribution in [0.2, 0.25) is 0 Å². The van der Waals surface area contributed by atoms with Crippen molar-refractivity contribution in [1.29, 1.82) is 0 Å². The summed E-state index contributed by atoms with van der Waals surface area (Å²) >= 11 is 0. The van der Waals surface area contributed by atoms with E-state index in [2.05, 4.69) is 91.0 Å².